The number of nitrogens with one attached hydrogen (secondary N) is 2. The van der Waals surface area contributed by atoms with Crippen LogP contribution in [0.2, 0.25) is 0 Å². The molecule has 0 fully saturated rings. The van der Waals surface area contributed by atoms with Gasteiger partial charge in [-0.2, -0.15) is 0 Å². The minimum absolute atomic E-state index is 0.175. The Bertz CT molecular complexity index is 498. The van der Waals surface area contributed by atoms with Crippen LogP contribution in [-0.4, -0.2) is 23.1 Å². The van der Waals surface area contributed by atoms with Crippen LogP contribution in [0.4, 0.5) is 10.5 Å². The molecule has 108 valence electrons. The molecule has 0 bridgehead atoms. The molecule has 0 radical (unpaired) electrons. The van der Waals surface area contributed by atoms with Gasteiger partial charge >= 0.3 is 12.0 Å². The van der Waals surface area contributed by atoms with Gasteiger partial charge in [0.25, 0.3) is 0 Å². The molecule has 5 heteroatoms. The second kappa shape index (κ2) is 7.33. The van der Waals surface area contributed by atoms with E-state index < -0.39 is 18.0 Å². The second-order valence-corrected chi connectivity index (χ2v) is 4.76. The van der Waals surface area contributed by atoms with E-state index >= 15 is 0 Å². The van der Waals surface area contributed by atoms with E-state index in [9.17, 15) is 9.59 Å². The molecule has 5 nitrogen and oxygen atoms in total. The highest BCUT2D eigenvalue weighted by Crippen LogP contribution is 2.23. The van der Waals surface area contributed by atoms with E-state index in [2.05, 4.69) is 17.2 Å². The maximum atomic E-state index is 11.9. The number of carbonyl (C=O) groups is 2. The van der Waals surface area contributed by atoms with Crippen molar-refractivity contribution in [3.63, 3.8) is 0 Å². The number of para-hydroxylation sites is 1. The zero-order chi connectivity index (χ0) is 15.1. The molecule has 1 unspecified atom stereocenters. The summed E-state index contributed by atoms with van der Waals surface area (Å²) in [7, 11) is 0. The predicted molar refractivity (Wildman–Crippen MR) is 78.9 cm³/mol. The number of carbonyl (C=O) groups excluding carboxylic acids is 1. The van der Waals surface area contributed by atoms with Crippen molar-refractivity contribution in [3.8, 4) is 0 Å². The van der Waals surface area contributed by atoms with E-state index in [0.717, 1.165) is 5.56 Å². The highest BCUT2D eigenvalue weighted by molar-refractivity contribution is 5.93. The van der Waals surface area contributed by atoms with Crippen molar-refractivity contribution in [2.45, 2.75) is 32.2 Å². The Morgan fingerprint density at radius 1 is 1.35 bits per heavy atom. The topological polar surface area (TPSA) is 78.4 Å². The molecule has 1 aromatic carbocycles. The van der Waals surface area contributed by atoms with Crippen molar-refractivity contribution in [3.05, 3.63) is 42.5 Å². The molecule has 1 aromatic rings. The number of urea groups is 1. The molecule has 20 heavy (non-hydrogen) atoms. The summed E-state index contributed by atoms with van der Waals surface area (Å²) in [6.07, 6.45) is 1.63. The van der Waals surface area contributed by atoms with Gasteiger partial charge in [-0.25, -0.2) is 9.59 Å². The molecule has 0 spiro atoms. The Hall–Kier alpha value is -2.30. The second-order valence-electron chi connectivity index (χ2n) is 4.76. The number of carboxylic acids is 1. The highest BCUT2D eigenvalue weighted by Gasteiger charge is 2.18. The average molecular weight is 276 g/mol. The Balaban J connectivity index is 2.75. The third-order valence-corrected chi connectivity index (χ3v) is 2.84. The van der Waals surface area contributed by atoms with E-state index in [4.69, 9.17) is 5.11 Å². The average Bonchev–Trinajstić information content (AvgIpc) is 2.38. The molecule has 0 saturated heterocycles. The molecule has 0 saturated carbocycles. The van der Waals surface area contributed by atoms with Crippen molar-refractivity contribution < 1.29 is 14.7 Å². The molecule has 0 aliphatic heterocycles. The quantitative estimate of drug-likeness (QED) is 0.699. The van der Waals surface area contributed by atoms with Gasteiger partial charge in [-0.3, -0.25) is 0 Å². The van der Waals surface area contributed by atoms with Gasteiger partial charge in [-0.05, 0) is 24.0 Å². The maximum absolute atomic E-state index is 11.9. The first-order valence-electron chi connectivity index (χ1n) is 6.45. The van der Waals surface area contributed by atoms with Crippen LogP contribution in [0, 0.1) is 0 Å². The first kappa shape index (κ1) is 15.8. The summed E-state index contributed by atoms with van der Waals surface area (Å²) in [5, 5.41) is 14.1. The van der Waals surface area contributed by atoms with Gasteiger partial charge in [-0.1, -0.05) is 38.1 Å². The van der Waals surface area contributed by atoms with E-state index in [1.54, 1.807) is 6.07 Å². The fourth-order valence-corrected chi connectivity index (χ4v) is 1.82. The van der Waals surface area contributed by atoms with Crippen LogP contribution in [0.3, 0.4) is 0 Å². The summed E-state index contributed by atoms with van der Waals surface area (Å²) >= 11 is 0. The van der Waals surface area contributed by atoms with Gasteiger partial charge in [-0.15, -0.1) is 6.58 Å². The molecule has 0 heterocycles. The summed E-state index contributed by atoms with van der Waals surface area (Å²) in [5.41, 5.74) is 1.68. The first-order chi connectivity index (χ1) is 9.45. The minimum Gasteiger partial charge on any atom is -0.480 e. The molecule has 1 rings (SSSR count). The Morgan fingerprint density at radius 3 is 2.55 bits per heavy atom. The number of amides is 2. The molecular weight excluding hydrogens is 256 g/mol. The van der Waals surface area contributed by atoms with Crippen LogP contribution in [0.5, 0.6) is 0 Å². The van der Waals surface area contributed by atoms with Gasteiger partial charge in [0.1, 0.15) is 6.04 Å². The molecular formula is C15H20N2O3. The molecule has 0 aliphatic carbocycles. The van der Waals surface area contributed by atoms with Crippen LogP contribution in [0.15, 0.2) is 36.9 Å². The standard InChI is InChI=1S/C15H20N2O3/c1-4-7-13(14(18)19)17-15(20)16-12-9-6-5-8-11(12)10(2)3/h4-6,8-10,13H,1,7H2,2-3H3,(H,18,19)(H2,16,17,20). The van der Waals surface area contributed by atoms with Crippen molar-refractivity contribution in [2.75, 3.05) is 5.32 Å². The van der Waals surface area contributed by atoms with Crippen molar-refractivity contribution in [1.82, 2.24) is 5.32 Å². The largest absolute Gasteiger partial charge is 0.480 e. The summed E-state index contributed by atoms with van der Waals surface area (Å²) in [6.45, 7) is 7.52. The molecule has 2 amide bonds. The van der Waals surface area contributed by atoms with Gasteiger partial charge in [0.2, 0.25) is 0 Å². The predicted octanol–water partition coefficient (Wildman–Crippen LogP) is 2.96. The zero-order valence-corrected chi connectivity index (χ0v) is 11.7. The lowest BCUT2D eigenvalue weighted by atomic mass is 10.0. The number of hydrogen-bond donors (Lipinski definition) is 3. The molecule has 3 N–H and O–H groups in total. The smallest absolute Gasteiger partial charge is 0.326 e. The van der Waals surface area contributed by atoms with Crippen LogP contribution in [-0.2, 0) is 4.79 Å². The maximum Gasteiger partial charge on any atom is 0.326 e. The van der Waals surface area contributed by atoms with Crippen molar-refractivity contribution in [2.24, 2.45) is 0 Å². The van der Waals surface area contributed by atoms with Crippen molar-refractivity contribution >= 4 is 17.7 Å². The van der Waals surface area contributed by atoms with Crippen LogP contribution >= 0.6 is 0 Å². The number of aliphatic carboxylic acids is 1. The van der Waals surface area contributed by atoms with Crippen LogP contribution < -0.4 is 10.6 Å². The number of carboxylic acid groups (broad SMARTS) is 1. The lowest BCUT2D eigenvalue weighted by molar-refractivity contribution is -0.139. The molecule has 0 aliphatic rings. The molecule has 1 atom stereocenters. The summed E-state index contributed by atoms with van der Waals surface area (Å²) in [5.74, 6) is -0.827. The van der Waals surface area contributed by atoms with Gasteiger partial charge in [0.15, 0.2) is 0 Å². The van der Waals surface area contributed by atoms with Crippen LogP contribution in [0.25, 0.3) is 0 Å². The summed E-state index contributed by atoms with van der Waals surface area (Å²) in [4.78, 5) is 22.8. The number of anilines is 1. The van der Waals surface area contributed by atoms with Gasteiger partial charge in [0, 0.05) is 5.69 Å². The Morgan fingerprint density at radius 2 is 2.00 bits per heavy atom. The fraction of sp³-hybridized carbons (Fsp3) is 0.333. The lowest BCUT2D eigenvalue weighted by Crippen LogP contribution is -2.42. The number of rotatable bonds is 6. The third-order valence-electron chi connectivity index (χ3n) is 2.84. The minimum atomic E-state index is -1.09. The monoisotopic (exact) mass is 276 g/mol. The van der Waals surface area contributed by atoms with E-state index in [1.807, 2.05) is 32.0 Å². The number of hydrogen-bond acceptors (Lipinski definition) is 2. The lowest BCUT2D eigenvalue weighted by Gasteiger charge is -2.16. The number of benzene rings is 1. The first-order valence-corrected chi connectivity index (χ1v) is 6.45. The van der Waals surface area contributed by atoms with Crippen molar-refractivity contribution in [1.29, 1.82) is 0 Å². The van der Waals surface area contributed by atoms with Gasteiger partial charge < -0.3 is 15.7 Å². The van der Waals surface area contributed by atoms with E-state index in [1.165, 1.54) is 6.08 Å². The molecule has 0 aromatic heterocycles. The normalized spacial score (nSPS) is 11.8. The Labute approximate surface area is 118 Å². The third kappa shape index (κ3) is 4.42. The fourth-order valence-electron chi connectivity index (χ4n) is 1.82. The van der Waals surface area contributed by atoms with Crippen LogP contribution in [0.1, 0.15) is 31.7 Å². The zero-order valence-electron chi connectivity index (χ0n) is 11.7. The summed E-state index contributed by atoms with van der Waals surface area (Å²) < 4.78 is 0. The van der Waals surface area contributed by atoms with E-state index in [-0.39, 0.29) is 12.3 Å². The summed E-state index contributed by atoms with van der Waals surface area (Å²) in [6, 6.07) is 5.93. The van der Waals surface area contributed by atoms with Gasteiger partial charge in [0.05, 0.1) is 0 Å². The SMILES string of the molecule is C=CCC(NC(=O)Nc1ccccc1C(C)C)C(=O)O. The highest BCUT2D eigenvalue weighted by atomic mass is 16.4. The van der Waals surface area contributed by atoms with E-state index in [0.29, 0.717) is 5.69 Å². The Kier molecular flexibility index (Phi) is 5.77.